The van der Waals surface area contributed by atoms with Crippen LogP contribution >= 0.6 is 11.3 Å². The Morgan fingerprint density at radius 2 is 1.93 bits per heavy atom. The minimum absolute atomic E-state index is 0.234. The molecule has 1 amide bonds. The Bertz CT molecular complexity index is 996. The summed E-state index contributed by atoms with van der Waals surface area (Å²) in [6.07, 6.45) is 4.09. The first-order valence-corrected chi connectivity index (χ1v) is 11.0. The Kier molecular flexibility index (Phi) is 6.35. The number of carbonyl (C=O) groups is 1. The SMILES string of the molecule is Cc1ncnc(C)c1-c1cc(NC(=O)c2cscn2)ccc1OCCN1CCCC1. The van der Waals surface area contributed by atoms with Crippen LogP contribution < -0.4 is 10.1 Å². The number of rotatable bonds is 7. The lowest BCUT2D eigenvalue weighted by Gasteiger charge is -2.18. The second-order valence-corrected chi connectivity index (χ2v) is 8.07. The van der Waals surface area contributed by atoms with E-state index in [4.69, 9.17) is 4.74 Å². The molecule has 8 heteroatoms. The highest BCUT2D eigenvalue weighted by Gasteiger charge is 2.17. The van der Waals surface area contributed by atoms with Crippen LogP contribution in [0.15, 0.2) is 35.4 Å². The molecule has 0 aliphatic carbocycles. The molecule has 156 valence electrons. The molecule has 4 rings (SSSR count). The Morgan fingerprint density at radius 1 is 1.17 bits per heavy atom. The zero-order valence-corrected chi connectivity index (χ0v) is 18.0. The molecule has 1 N–H and O–H groups in total. The van der Waals surface area contributed by atoms with Crippen molar-refractivity contribution in [2.45, 2.75) is 26.7 Å². The monoisotopic (exact) mass is 423 g/mol. The van der Waals surface area contributed by atoms with Gasteiger partial charge in [0, 0.05) is 40.1 Å². The molecule has 0 unspecified atom stereocenters. The molecule has 1 aliphatic heterocycles. The third-order valence-corrected chi connectivity index (χ3v) is 5.85. The summed E-state index contributed by atoms with van der Waals surface area (Å²) in [5.74, 6) is 0.532. The molecule has 0 saturated carbocycles. The Labute approximate surface area is 180 Å². The first-order valence-electron chi connectivity index (χ1n) is 10.1. The Hall–Kier alpha value is -2.84. The van der Waals surface area contributed by atoms with Crippen molar-refractivity contribution in [1.29, 1.82) is 0 Å². The summed E-state index contributed by atoms with van der Waals surface area (Å²) in [7, 11) is 0. The fourth-order valence-corrected chi connectivity index (χ4v) is 4.25. The maximum atomic E-state index is 12.4. The van der Waals surface area contributed by atoms with Crippen LogP contribution in [-0.2, 0) is 0 Å². The van der Waals surface area contributed by atoms with E-state index >= 15 is 0 Å². The molecule has 1 fully saturated rings. The van der Waals surface area contributed by atoms with Crippen LogP contribution in [0.3, 0.4) is 0 Å². The van der Waals surface area contributed by atoms with Crippen LogP contribution in [-0.4, -0.2) is 52.0 Å². The molecule has 1 aromatic carbocycles. The summed E-state index contributed by atoms with van der Waals surface area (Å²) < 4.78 is 6.18. The van der Waals surface area contributed by atoms with E-state index in [0.717, 1.165) is 47.9 Å². The number of thiazole rings is 1. The normalized spacial score (nSPS) is 14.1. The molecule has 0 spiro atoms. The molecule has 3 heterocycles. The van der Waals surface area contributed by atoms with E-state index in [1.54, 1.807) is 17.2 Å². The van der Waals surface area contributed by atoms with E-state index in [1.165, 1.54) is 24.2 Å². The van der Waals surface area contributed by atoms with Gasteiger partial charge in [0.15, 0.2) is 0 Å². The van der Waals surface area contributed by atoms with Crippen LogP contribution in [0.4, 0.5) is 5.69 Å². The average Bonchev–Trinajstić information content (AvgIpc) is 3.43. The fraction of sp³-hybridized carbons (Fsp3) is 0.364. The molecule has 30 heavy (non-hydrogen) atoms. The number of likely N-dealkylation sites (tertiary alicyclic amines) is 1. The highest BCUT2D eigenvalue weighted by atomic mass is 32.1. The average molecular weight is 424 g/mol. The summed E-state index contributed by atoms with van der Waals surface area (Å²) in [6, 6.07) is 5.68. The quantitative estimate of drug-likeness (QED) is 0.620. The first-order chi connectivity index (χ1) is 14.6. The van der Waals surface area contributed by atoms with E-state index in [9.17, 15) is 4.79 Å². The topological polar surface area (TPSA) is 80.2 Å². The Morgan fingerprint density at radius 3 is 2.63 bits per heavy atom. The number of hydrogen-bond donors (Lipinski definition) is 1. The lowest BCUT2D eigenvalue weighted by molar-refractivity contribution is 0.102. The van der Waals surface area contributed by atoms with E-state index < -0.39 is 0 Å². The lowest BCUT2D eigenvalue weighted by Crippen LogP contribution is -2.25. The lowest BCUT2D eigenvalue weighted by atomic mass is 10.0. The third-order valence-electron chi connectivity index (χ3n) is 5.26. The minimum atomic E-state index is -0.234. The van der Waals surface area contributed by atoms with Crippen LogP contribution in [0.2, 0.25) is 0 Å². The number of anilines is 1. The van der Waals surface area contributed by atoms with Crippen molar-refractivity contribution in [3.05, 3.63) is 52.5 Å². The number of carbonyl (C=O) groups excluding carboxylic acids is 1. The van der Waals surface area contributed by atoms with Crippen molar-refractivity contribution in [3.63, 3.8) is 0 Å². The zero-order valence-electron chi connectivity index (χ0n) is 17.2. The van der Waals surface area contributed by atoms with Crippen LogP contribution in [0.1, 0.15) is 34.7 Å². The number of aryl methyl sites for hydroxylation is 2. The highest BCUT2D eigenvalue weighted by Crippen LogP contribution is 2.35. The van der Waals surface area contributed by atoms with Gasteiger partial charge in [0.1, 0.15) is 24.4 Å². The van der Waals surface area contributed by atoms with Crippen molar-refractivity contribution in [3.8, 4) is 16.9 Å². The number of amides is 1. The summed E-state index contributed by atoms with van der Waals surface area (Å²) in [6.45, 7) is 7.72. The number of ether oxygens (including phenoxy) is 1. The molecule has 0 atom stereocenters. The van der Waals surface area contributed by atoms with Gasteiger partial charge in [0.05, 0.1) is 5.51 Å². The molecule has 1 saturated heterocycles. The maximum Gasteiger partial charge on any atom is 0.275 e. The van der Waals surface area contributed by atoms with Crippen molar-refractivity contribution in [2.24, 2.45) is 0 Å². The van der Waals surface area contributed by atoms with Crippen LogP contribution in [0.25, 0.3) is 11.1 Å². The number of benzene rings is 1. The van der Waals surface area contributed by atoms with Crippen molar-refractivity contribution in [2.75, 3.05) is 31.6 Å². The number of nitrogens with one attached hydrogen (secondary N) is 1. The van der Waals surface area contributed by atoms with E-state index in [2.05, 4.69) is 25.2 Å². The summed E-state index contributed by atoms with van der Waals surface area (Å²) in [5, 5.41) is 4.65. The largest absolute Gasteiger partial charge is 0.492 e. The standard InChI is InChI=1S/C22H25N5O2S/c1-15-21(16(2)24-13-23-15)18-11-17(26-22(28)19-12-30-14-25-19)5-6-20(18)29-10-9-27-7-3-4-8-27/h5-6,11-14H,3-4,7-10H2,1-2H3,(H,26,28). The van der Waals surface area contributed by atoms with Crippen LogP contribution in [0.5, 0.6) is 5.75 Å². The fourth-order valence-electron chi connectivity index (χ4n) is 3.72. The van der Waals surface area contributed by atoms with Crippen molar-refractivity contribution < 1.29 is 9.53 Å². The van der Waals surface area contributed by atoms with Gasteiger partial charge >= 0.3 is 0 Å². The molecule has 0 bridgehead atoms. The minimum Gasteiger partial charge on any atom is -0.492 e. The highest BCUT2D eigenvalue weighted by molar-refractivity contribution is 7.07. The van der Waals surface area contributed by atoms with Gasteiger partial charge in [-0.05, 0) is 58.0 Å². The van der Waals surface area contributed by atoms with Gasteiger partial charge in [0.2, 0.25) is 0 Å². The number of nitrogens with zero attached hydrogens (tertiary/aromatic N) is 4. The molecule has 3 aromatic rings. The zero-order chi connectivity index (χ0) is 20.9. The van der Waals surface area contributed by atoms with Gasteiger partial charge in [-0.3, -0.25) is 9.69 Å². The smallest absolute Gasteiger partial charge is 0.275 e. The van der Waals surface area contributed by atoms with E-state index in [1.807, 2.05) is 32.0 Å². The molecule has 1 aliphatic rings. The van der Waals surface area contributed by atoms with E-state index in [-0.39, 0.29) is 5.91 Å². The molecular weight excluding hydrogens is 398 g/mol. The molecule has 7 nitrogen and oxygen atoms in total. The van der Waals surface area contributed by atoms with Gasteiger partial charge in [-0.15, -0.1) is 11.3 Å². The summed E-state index contributed by atoms with van der Waals surface area (Å²) in [4.78, 5) is 27.6. The van der Waals surface area contributed by atoms with Gasteiger partial charge in [-0.25, -0.2) is 15.0 Å². The maximum absolute atomic E-state index is 12.4. The second-order valence-electron chi connectivity index (χ2n) is 7.36. The Balaban J connectivity index is 1.60. The van der Waals surface area contributed by atoms with E-state index in [0.29, 0.717) is 18.0 Å². The third kappa shape index (κ3) is 4.66. The van der Waals surface area contributed by atoms with Gasteiger partial charge < -0.3 is 10.1 Å². The number of hydrogen-bond acceptors (Lipinski definition) is 7. The van der Waals surface area contributed by atoms with Gasteiger partial charge in [0.25, 0.3) is 5.91 Å². The summed E-state index contributed by atoms with van der Waals surface area (Å²) >= 11 is 1.39. The predicted molar refractivity (Wildman–Crippen MR) is 118 cm³/mol. The predicted octanol–water partition coefficient (Wildman–Crippen LogP) is 3.94. The van der Waals surface area contributed by atoms with Crippen LogP contribution in [0, 0.1) is 13.8 Å². The van der Waals surface area contributed by atoms with Crippen molar-refractivity contribution in [1.82, 2.24) is 19.9 Å². The second kappa shape index (κ2) is 9.32. The van der Waals surface area contributed by atoms with Gasteiger partial charge in [-0.2, -0.15) is 0 Å². The van der Waals surface area contributed by atoms with Crippen molar-refractivity contribution >= 4 is 22.9 Å². The van der Waals surface area contributed by atoms with Gasteiger partial charge in [-0.1, -0.05) is 0 Å². The molecule has 2 aromatic heterocycles. The summed E-state index contributed by atoms with van der Waals surface area (Å²) in [5.41, 5.74) is 6.28. The molecular formula is C22H25N5O2S. The number of aromatic nitrogens is 3. The first kappa shape index (κ1) is 20.4. The molecule has 0 radical (unpaired) electrons.